The van der Waals surface area contributed by atoms with Crippen molar-refractivity contribution in [3.63, 3.8) is 0 Å². The molecule has 0 aliphatic rings. The maximum absolute atomic E-state index is 10.7. The van der Waals surface area contributed by atoms with Gasteiger partial charge in [0.1, 0.15) is 0 Å². The lowest BCUT2D eigenvalue weighted by molar-refractivity contribution is -0.142. The zero-order valence-corrected chi connectivity index (χ0v) is 11.4. The van der Waals surface area contributed by atoms with Gasteiger partial charge in [-0.2, -0.15) is 0 Å². The second-order valence-electron chi connectivity index (χ2n) is 4.02. The number of halogens is 1. The lowest BCUT2D eigenvalue weighted by atomic mass is 10.0. The van der Waals surface area contributed by atoms with Crippen LogP contribution in [0.4, 0.5) is 0 Å². The van der Waals surface area contributed by atoms with Crippen LogP contribution >= 0.6 is 15.9 Å². The van der Waals surface area contributed by atoms with Crippen LogP contribution in [0.25, 0.3) is 0 Å². The van der Waals surface area contributed by atoms with Crippen molar-refractivity contribution >= 4 is 21.9 Å². The Labute approximate surface area is 110 Å². The first-order valence-corrected chi connectivity index (χ1v) is 6.39. The molecular weight excluding hydrogens is 284 g/mol. The highest BCUT2D eigenvalue weighted by molar-refractivity contribution is 9.10. The van der Waals surface area contributed by atoms with Crippen LogP contribution in [0, 0.1) is 5.92 Å². The topological polar surface area (TPSA) is 46.5 Å². The minimum absolute atomic E-state index is 0.0162. The van der Waals surface area contributed by atoms with E-state index in [1.807, 2.05) is 24.3 Å². The molecule has 17 heavy (non-hydrogen) atoms. The summed E-state index contributed by atoms with van der Waals surface area (Å²) in [6, 6.07) is 8.08. The third kappa shape index (κ3) is 5.84. The fraction of sp³-hybridized carbons (Fsp3) is 0.462. The van der Waals surface area contributed by atoms with E-state index in [1.165, 1.54) is 12.5 Å². The maximum atomic E-state index is 10.7. The molecule has 0 aliphatic heterocycles. The van der Waals surface area contributed by atoms with Crippen LogP contribution in [-0.4, -0.2) is 24.3 Å². The van der Waals surface area contributed by atoms with Crippen LogP contribution in [0.1, 0.15) is 18.9 Å². The number of hydrogen-bond donors (Lipinski definition) is 1. The molecule has 1 atom stereocenters. The fourth-order valence-electron chi connectivity index (χ4n) is 1.48. The predicted octanol–water partition coefficient (Wildman–Crippen LogP) is 2.55. The molecule has 4 heteroatoms. The largest absolute Gasteiger partial charge is 0.465 e. The van der Waals surface area contributed by atoms with Crippen molar-refractivity contribution in [3.8, 4) is 0 Å². The average Bonchev–Trinajstić information content (AvgIpc) is 2.31. The van der Waals surface area contributed by atoms with Gasteiger partial charge >= 0.3 is 5.97 Å². The smallest absolute Gasteiger partial charge is 0.302 e. The summed E-state index contributed by atoms with van der Waals surface area (Å²) in [5, 5.41) is 9.16. The SMILES string of the molecule is CC(=O)OCC(CO)CCc1ccc(Br)cc1. The molecule has 1 N–H and O–H groups in total. The Balaban J connectivity index is 2.36. The first-order valence-electron chi connectivity index (χ1n) is 5.60. The van der Waals surface area contributed by atoms with E-state index >= 15 is 0 Å². The Morgan fingerprint density at radius 3 is 2.59 bits per heavy atom. The van der Waals surface area contributed by atoms with Gasteiger partial charge in [0.15, 0.2) is 0 Å². The number of hydrogen-bond acceptors (Lipinski definition) is 3. The summed E-state index contributed by atoms with van der Waals surface area (Å²) < 4.78 is 5.95. The average molecular weight is 301 g/mol. The van der Waals surface area contributed by atoms with E-state index in [0.29, 0.717) is 6.61 Å². The number of esters is 1. The molecule has 0 radical (unpaired) electrons. The third-order valence-electron chi connectivity index (χ3n) is 2.54. The number of carbonyl (C=O) groups is 1. The number of benzene rings is 1. The van der Waals surface area contributed by atoms with E-state index in [2.05, 4.69) is 15.9 Å². The Bertz CT molecular complexity index is 348. The molecule has 0 saturated heterocycles. The van der Waals surface area contributed by atoms with Gasteiger partial charge in [-0.25, -0.2) is 0 Å². The van der Waals surface area contributed by atoms with Crippen LogP contribution in [0.5, 0.6) is 0 Å². The number of aryl methyl sites for hydroxylation is 1. The van der Waals surface area contributed by atoms with Gasteiger partial charge in [-0.15, -0.1) is 0 Å². The second-order valence-corrected chi connectivity index (χ2v) is 4.93. The first kappa shape index (κ1) is 14.2. The van der Waals surface area contributed by atoms with Crippen LogP contribution in [0.2, 0.25) is 0 Å². The van der Waals surface area contributed by atoms with Crippen LogP contribution in [0.15, 0.2) is 28.7 Å². The molecule has 0 saturated carbocycles. The predicted molar refractivity (Wildman–Crippen MR) is 69.7 cm³/mol. The summed E-state index contributed by atoms with van der Waals surface area (Å²) in [4.78, 5) is 10.7. The van der Waals surface area contributed by atoms with Crippen molar-refractivity contribution in [2.45, 2.75) is 19.8 Å². The standard InChI is InChI=1S/C13H17BrO3/c1-10(16)17-9-12(8-15)3-2-11-4-6-13(14)7-5-11/h4-7,12,15H,2-3,8-9H2,1H3. The van der Waals surface area contributed by atoms with Gasteiger partial charge in [0.25, 0.3) is 0 Å². The fourth-order valence-corrected chi connectivity index (χ4v) is 1.75. The number of aliphatic hydroxyl groups excluding tert-OH is 1. The molecule has 0 heterocycles. The van der Waals surface area contributed by atoms with E-state index in [4.69, 9.17) is 9.84 Å². The Morgan fingerprint density at radius 2 is 2.06 bits per heavy atom. The zero-order valence-electron chi connectivity index (χ0n) is 9.86. The van der Waals surface area contributed by atoms with Crippen LogP contribution < -0.4 is 0 Å². The highest BCUT2D eigenvalue weighted by atomic mass is 79.9. The van der Waals surface area contributed by atoms with E-state index in [0.717, 1.165) is 17.3 Å². The van der Waals surface area contributed by atoms with Crippen molar-refractivity contribution in [1.82, 2.24) is 0 Å². The zero-order chi connectivity index (χ0) is 12.7. The summed E-state index contributed by atoms with van der Waals surface area (Å²) in [7, 11) is 0. The van der Waals surface area contributed by atoms with Crippen molar-refractivity contribution in [1.29, 1.82) is 0 Å². The molecule has 1 aromatic carbocycles. The normalized spacial score (nSPS) is 12.2. The molecule has 0 aromatic heterocycles. The lowest BCUT2D eigenvalue weighted by Gasteiger charge is -2.13. The number of aliphatic hydroxyl groups is 1. The van der Waals surface area contributed by atoms with Gasteiger partial charge < -0.3 is 9.84 Å². The molecule has 1 unspecified atom stereocenters. The summed E-state index contributed by atoms with van der Waals surface area (Å²) in [5.41, 5.74) is 1.22. The third-order valence-corrected chi connectivity index (χ3v) is 3.06. The molecule has 0 bridgehead atoms. The van der Waals surface area contributed by atoms with Gasteiger partial charge in [-0.3, -0.25) is 4.79 Å². The summed E-state index contributed by atoms with van der Waals surface area (Å²) >= 11 is 3.38. The first-order chi connectivity index (χ1) is 8.11. The minimum atomic E-state index is -0.299. The second kappa shape index (κ2) is 7.45. The maximum Gasteiger partial charge on any atom is 0.302 e. The van der Waals surface area contributed by atoms with Crippen molar-refractivity contribution in [2.24, 2.45) is 5.92 Å². The van der Waals surface area contributed by atoms with E-state index in [-0.39, 0.29) is 18.5 Å². The molecular formula is C13H17BrO3. The van der Waals surface area contributed by atoms with Crippen LogP contribution in [-0.2, 0) is 16.0 Å². The molecule has 94 valence electrons. The van der Waals surface area contributed by atoms with E-state index in [9.17, 15) is 4.79 Å². The Morgan fingerprint density at radius 1 is 1.41 bits per heavy atom. The minimum Gasteiger partial charge on any atom is -0.465 e. The molecule has 0 amide bonds. The Kier molecular flexibility index (Phi) is 6.22. The van der Waals surface area contributed by atoms with Gasteiger partial charge in [-0.1, -0.05) is 28.1 Å². The molecule has 1 rings (SSSR count). The number of rotatable bonds is 6. The molecule has 0 spiro atoms. The summed E-state index contributed by atoms with van der Waals surface area (Å²) in [5.74, 6) is -0.283. The molecule has 3 nitrogen and oxygen atoms in total. The van der Waals surface area contributed by atoms with Crippen molar-refractivity contribution in [3.05, 3.63) is 34.3 Å². The molecule has 0 fully saturated rings. The number of carbonyl (C=O) groups excluding carboxylic acids is 1. The monoisotopic (exact) mass is 300 g/mol. The van der Waals surface area contributed by atoms with Crippen molar-refractivity contribution in [2.75, 3.05) is 13.2 Å². The van der Waals surface area contributed by atoms with Crippen LogP contribution in [0.3, 0.4) is 0 Å². The summed E-state index contributed by atoms with van der Waals surface area (Å²) in [6.07, 6.45) is 1.69. The molecule has 1 aromatic rings. The van der Waals surface area contributed by atoms with Crippen molar-refractivity contribution < 1.29 is 14.6 Å². The summed E-state index contributed by atoms with van der Waals surface area (Å²) in [6.45, 7) is 1.72. The van der Waals surface area contributed by atoms with Gasteiger partial charge in [-0.05, 0) is 30.5 Å². The molecule has 0 aliphatic carbocycles. The van der Waals surface area contributed by atoms with Gasteiger partial charge in [0.2, 0.25) is 0 Å². The van der Waals surface area contributed by atoms with Gasteiger partial charge in [0, 0.05) is 23.9 Å². The number of ether oxygens (including phenoxy) is 1. The Hall–Kier alpha value is -0.870. The quantitative estimate of drug-likeness (QED) is 0.821. The van der Waals surface area contributed by atoms with E-state index in [1.54, 1.807) is 0 Å². The highest BCUT2D eigenvalue weighted by Crippen LogP contribution is 2.14. The highest BCUT2D eigenvalue weighted by Gasteiger charge is 2.09. The van der Waals surface area contributed by atoms with Gasteiger partial charge in [0.05, 0.1) is 6.61 Å². The lowest BCUT2D eigenvalue weighted by Crippen LogP contribution is -2.16. The van der Waals surface area contributed by atoms with E-state index < -0.39 is 0 Å².